The number of aryl methyl sites for hydroxylation is 3. The lowest BCUT2D eigenvalue weighted by molar-refractivity contribution is -0.134. The highest BCUT2D eigenvalue weighted by atomic mass is 19.4. The number of hydrogen-bond donors (Lipinski definition) is 1. The largest absolute Gasteiger partial charge is 0.389 e. The molecule has 0 saturated carbocycles. The highest BCUT2D eigenvalue weighted by Crippen LogP contribution is 2.21. The molecule has 0 unspecified atom stereocenters. The summed E-state index contributed by atoms with van der Waals surface area (Å²) in [7, 11) is 0. The number of rotatable bonds is 5. The molecule has 1 heterocycles. The van der Waals surface area contributed by atoms with Crippen molar-refractivity contribution in [3.63, 3.8) is 0 Å². The van der Waals surface area contributed by atoms with Gasteiger partial charge in [-0.1, -0.05) is 0 Å². The molecule has 1 aromatic rings. The number of aromatic nitrogens is 2. The Morgan fingerprint density at radius 2 is 1.48 bits per heavy atom. The third-order valence-electron chi connectivity index (χ3n) is 3.13. The molecule has 0 radical (unpaired) electrons. The second-order valence-corrected chi connectivity index (χ2v) is 6.33. The van der Waals surface area contributed by atoms with Crippen LogP contribution >= 0.6 is 0 Å². The molecule has 1 N–H and O–H groups in total. The van der Waals surface area contributed by atoms with E-state index in [1.54, 1.807) is 0 Å². The van der Waals surface area contributed by atoms with E-state index < -0.39 is 12.6 Å². The fourth-order valence-corrected chi connectivity index (χ4v) is 2.10. The highest BCUT2D eigenvalue weighted by Gasteiger charge is 2.27. The molecule has 0 atom stereocenters. The summed E-state index contributed by atoms with van der Waals surface area (Å²) in [4.78, 5) is 8.43. The molecule has 1 aromatic heterocycles. The predicted molar refractivity (Wildman–Crippen MR) is 77.3 cm³/mol. The van der Waals surface area contributed by atoms with Gasteiger partial charge in [0.1, 0.15) is 5.82 Å². The molecule has 0 spiro atoms. The molecule has 21 heavy (non-hydrogen) atoms. The zero-order valence-electron chi connectivity index (χ0n) is 13.4. The first-order valence-electron chi connectivity index (χ1n) is 7.13. The van der Waals surface area contributed by atoms with E-state index in [0.29, 0.717) is 0 Å². The monoisotopic (exact) mass is 303 g/mol. The smallest absolute Gasteiger partial charge is 0.312 e. The summed E-state index contributed by atoms with van der Waals surface area (Å²) in [6, 6.07) is 0. The topological polar surface area (TPSA) is 37.8 Å². The van der Waals surface area contributed by atoms with Crippen LogP contribution in [0.4, 0.5) is 13.2 Å². The van der Waals surface area contributed by atoms with Gasteiger partial charge in [0.2, 0.25) is 0 Å². The van der Waals surface area contributed by atoms with Crippen LogP contribution in [-0.2, 0) is 12.8 Å². The molecule has 0 amide bonds. The number of nitrogens with zero attached hydrogens (tertiary/aromatic N) is 2. The van der Waals surface area contributed by atoms with Crippen molar-refractivity contribution < 1.29 is 13.2 Å². The Bertz CT molecular complexity index is 453. The lowest BCUT2D eigenvalue weighted by Crippen LogP contribution is -2.37. The first kappa shape index (κ1) is 17.9. The molecule has 0 saturated heterocycles. The van der Waals surface area contributed by atoms with Crippen molar-refractivity contribution in [1.29, 1.82) is 0 Å². The van der Waals surface area contributed by atoms with E-state index >= 15 is 0 Å². The van der Waals surface area contributed by atoms with E-state index in [1.165, 1.54) is 0 Å². The van der Waals surface area contributed by atoms with Crippen molar-refractivity contribution in [2.75, 3.05) is 6.54 Å². The Labute approximate surface area is 124 Å². The van der Waals surface area contributed by atoms with Crippen molar-refractivity contribution in [2.45, 2.75) is 65.6 Å². The van der Waals surface area contributed by atoms with E-state index in [4.69, 9.17) is 0 Å². The summed E-state index contributed by atoms with van der Waals surface area (Å²) in [6.07, 6.45) is -4.43. The maximum atomic E-state index is 12.2. The molecule has 0 aliphatic heterocycles. The van der Waals surface area contributed by atoms with E-state index in [2.05, 4.69) is 36.1 Å². The van der Waals surface area contributed by atoms with Crippen LogP contribution in [0.25, 0.3) is 0 Å². The van der Waals surface area contributed by atoms with Gasteiger partial charge in [-0.15, -0.1) is 0 Å². The summed E-state index contributed by atoms with van der Waals surface area (Å²) in [5.41, 5.74) is 2.60. The fraction of sp³-hybridized carbons (Fsp3) is 0.733. The zero-order valence-corrected chi connectivity index (χ0v) is 13.4. The van der Waals surface area contributed by atoms with Crippen LogP contribution in [-0.4, -0.2) is 28.2 Å². The summed E-state index contributed by atoms with van der Waals surface area (Å²) in [5.74, 6) is 0.273. The fourth-order valence-electron chi connectivity index (χ4n) is 2.10. The molecular formula is C15H24F3N3. The molecule has 0 fully saturated rings. The number of nitrogens with one attached hydrogen (secondary N) is 1. The minimum atomic E-state index is -4.17. The minimum absolute atomic E-state index is 0.0370. The third-order valence-corrected chi connectivity index (χ3v) is 3.13. The van der Waals surface area contributed by atoms with Crippen molar-refractivity contribution in [1.82, 2.24) is 15.3 Å². The molecule has 0 bridgehead atoms. The van der Waals surface area contributed by atoms with Gasteiger partial charge in [0.15, 0.2) is 0 Å². The average Bonchev–Trinajstić information content (AvgIpc) is 2.28. The van der Waals surface area contributed by atoms with Gasteiger partial charge in [-0.3, -0.25) is 0 Å². The number of hydrogen-bond acceptors (Lipinski definition) is 3. The van der Waals surface area contributed by atoms with Gasteiger partial charge in [-0.2, -0.15) is 13.2 Å². The van der Waals surface area contributed by atoms with Crippen molar-refractivity contribution in [3.05, 3.63) is 22.8 Å². The van der Waals surface area contributed by atoms with Crippen LogP contribution in [0, 0.1) is 13.8 Å². The van der Waals surface area contributed by atoms with Gasteiger partial charge in [-0.25, -0.2) is 9.97 Å². The van der Waals surface area contributed by atoms with Crippen molar-refractivity contribution in [3.8, 4) is 0 Å². The lowest BCUT2D eigenvalue weighted by atomic mass is 10.1. The summed E-state index contributed by atoms with van der Waals surface area (Å²) in [6.45, 7) is 10.7. The zero-order chi connectivity index (χ0) is 16.3. The third kappa shape index (κ3) is 6.89. The Hall–Kier alpha value is -1.17. The van der Waals surface area contributed by atoms with E-state index in [1.807, 2.05) is 13.8 Å². The molecular weight excluding hydrogens is 279 g/mol. The van der Waals surface area contributed by atoms with Crippen LogP contribution in [0.15, 0.2) is 0 Å². The Morgan fingerprint density at radius 1 is 0.952 bits per heavy atom. The second-order valence-electron chi connectivity index (χ2n) is 6.33. The van der Waals surface area contributed by atoms with Gasteiger partial charge in [0.25, 0.3) is 0 Å². The Balaban J connectivity index is 2.71. The summed E-state index contributed by atoms with van der Waals surface area (Å²) < 4.78 is 36.7. The average molecular weight is 303 g/mol. The number of alkyl halides is 3. The van der Waals surface area contributed by atoms with Crippen molar-refractivity contribution in [2.24, 2.45) is 0 Å². The van der Waals surface area contributed by atoms with Gasteiger partial charge in [0, 0.05) is 23.3 Å². The molecule has 120 valence electrons. The molecule has 1 rings (SSSR count). The second kappa shape index (κ2) is 6.73. The van der Waals surface area contributed by atoms with Crippen LogP contribution < -0.4 is 5.32 Å². The summed E-state index contributed by atoms with van der Waals surface area (Å²) >= 11 is 0. The van der Waals surface area contributed by atoms with Crippen LogP contribution in [0.3, 0.4) is 0 Å². The SMILES string of the molecule is Cc1nc(CCC(F)(F)F)nc(C)c1CCNC(C)(C)C. The molecule has 0 aromatic carbocycles. The first-order chi connectivity index (χ1) is 9.48. The van der Waals surface area contributed by atoms with Crippen LogP contribution in [0.1, 0.15) is 50.0 Å². The van der Waals surface area contributed by atoms with Gasteiger partial charge in [-0.05, 0) is 53.1 Å². The van der Waals surface area contributed by atoms with Crippen molar-refractivity contribution >= 4 is 0 Å². The molecule has 0 aliphatic rings. The molecule has 0 aliphatic carbocycles. The van der Waals surface area contributed by atoms with Gasteiger partial charge >= 0.3 is 6.18 Å². The standard InChI is InChI=1S/C15H24F3N3/c1-10-12(7-9-19-14(3,4)5)11(2)21-13(20-10)6-8-15(16,17)18/h19H,6-9H2,1-5H3. The Kier molecular flexibility index (Phi) is 5.73. The maximum absolute atomic E-state index is 12.2. The van der Waals surface area contributed by atoms with Crippen LogP contribution in [0.2, 0.25) is 0 Å². The first-order valence-corrected chi connectivity index (χ1v) is 7.13. The van der Waals surface area contributed by atoms with E-state index in [9.17, 15) is 13.2 Å². The number of halogens is 3. The van der Waals surface area contributed by atoms with E-state index in [0.717, 1.165) is 29.9 Å². The minimum Gasteiger partial charge on any atom is -0.312 e. The molecule has 3 nitrogen and oxygen atoms in total. The predicted octanol–water partition coefficient (Wildman–Crippen LogP) is 3.52. The van der Waals surface area contributed by atoms with Crippen LogP contribution in [0.5, 0.6) is 0 Å². The lowest BCUT2D eigenvalue weighted by Gasteiger charge is -2.21. The Morgan fingerprint density at radius 3 is 1.90 bits per heavy atom. The maximum Gasteiger partial charge on any atom is 0.389 e. The highest BCUT2D eigenvalue weighted by molar-refractivity contribution is 5.24. The molecule has 6 heteroatoms. The van der Waals surface area contributed by atoms with Gasteiger partial charge < -0.3 is 5.32 Å². The quantitative estimate of drug-likeness (QED) is 0.904. The summed E-state index contributed by atoms with van der Waals surface area (Å²) in [5, 5.41) is 3.38. The van der Waals surface area contributed by atoms with Gasteiger partial charge in [0.05, 0.1) is 6.42 Å². The van der Waals surface area contributed by atoms with E-state index in [-0.39, 0.29) is 17.8 Å². The normalized spacial score (nSPS) is 12.8.